The summed E-state index contributed by atoms with van der Waals surface area (Å²) in [5.41, 5.74) is 0. The van der Waals surface area contributed by atoms with E-state index in [2.05, 4.69) is 45.7 Å². The molecule has 9 heavy (non-hydrogen) atoms. The van der Waals surface area contributed by atoms with E-state index in [-0.39, 0.29) is 0 Å². The van der Waals surface area contributed by atoms with Gasteiger partial charge in [-0.3, -0.25) is 0 Å². The van der Waals surface area contributed by atoms with E-state index in [9.17, 15) is 0 Å². The van der Waals surface area contributed by atoms with Gasteiger partial charge in [0.25, 0.3) is 0 Å². The Kier molecular flexibility index (Phi) is 2.27. The molecule has 0 saturated heterocycles. The van der Waals surface area contributed by atoms with E-state index in [1.807, 2.05) is 0 Å². The molecule has 2 heteroatoms. The predicted molar refractivity (Wildman–Crippen MR) is 48.1 cm³/mol. The average Bonchev–Trinajstić information content (AvgIpc) is 2.19. The van der Waals surface area contributed by atoms with E-state index in [1.165, 1.54) is 12.8 Å². The van der Waals surface area contributed by atoms with Crippen LogP contribution in [0.1, 0.15) is 26.7 Å². The van der Waals surface area contributed by atoms with Gasteiger partial charge in [0.05, 0.1) is 3.23 Å². The molecule has 0 aliphatic heterocycles. The van der Waals surface area contributed by atoms with Gasteiger partial charge in [-0.25, -0.2) is 0 Å². The fourth-order valence-electron chi connectivity index (χ4n) is 1.31. The summed E-state index contributed by atoms with van der Waals surface area (Å²) in [6, 6.07) is 0. The monoisotopic (exact) mass is 254 g/mol. The molecular weight excluding hydrogens is 244 g/mol. The summed E-state index contributed by atoms with van der Waals surface area (Å²) in [5.74, 6) is 1.68. The summed E-state index contributed by atoms with van der Waals surface area (Å²) >= 11 is 7.27. The van der Waals surface area contributed by atoms with Crippen LogP contribution in [0.5, 0.6) is 0 Å². The van der Waals surface area contributed by atoms with E-state index < -0.39 is 0 Å². The van der Waals surface area contributed by atoms with Gasteiger partial charge in [-0.05, 0) is 18.3 Å². The number of alkyl halides is 2. The topological polar surface area (TPSA) is 0 Å². The Morgan fingerprint density at radius 3 is 2.00 bits per heavy atom. The van der Waals surface area contributed by atoms with Crippen LogP contribution >= 0.6 is 31.9 Å². The Morgan fingerprint density at radius 1 is 1.44 bits per heavy atom. The summed E-state index contributed by atoms with van der Waals surface area (Å²) in [5, 5.41) is 0. The first-order valence-electron chi connectivity index (χ1n) is 3.48. The minimum absolute atomic E-state index is 0.302. The van der Waals surface area contributed by atoms with E-state index in [4.69, 9.17) is 0 Å². The first-order chi connectivity index (χ1) is 4.10. The number of halogens is 2. The Labute approximate surface area is 73.7 Å². The van der Waals surface area contributed by atoms with E-state index in [1.54, 1.807) is 0 Å². The SMILES string of the molecule is CCCC1C(C)C1(Br)Br. The molecule has 1 fully saturated rings. The van der Waals surface area contributed by atoms with Crippen molar-refractivity contribution in [1.82, 2.24) is 0 Å². The standard InChI is InChI=1S/C7H12Br2/c1-3-4-6-5(2)7(6,8)9/h5-6H,3-4H2,1-2H3. The van der Waals surface area contributed by atoms with E-state index in [0.717, 1.165) is 11.8 Å². The molecular formula is C7H12Br2. The first kappa shape index (κ1) is 8.06. The summed E-state index contributed by atoms with van der Waals surface area (Å²) in [6.07, 6.45) is 2.64. The smallest absolute Gasteiger partial charge is 0.0721 e. The van der Waals surface area contributed by atoms with Crippen molar-refractivity contribution in [3.8, 4) is 0 Å². The number of hydrogen-bond acceptors (Lipinski definition) is 0. The van der Waals surface area contributed by atoms with Crippen molar-refractivity contribution in [2.75, 3.05) is 0 Å². The zero-order chi connectivity index (χ0) is 7.07. The van der Waals surface area contributed by atoms with Gasteiger partial charge in [-0.1, -0.05) is 52.1 Å². The second-order valence-corrected chi connectivity index (χ2v) is 6.55. The van der Waals surface area contributed by atoms with Gasteiger partial charge in [-0.15, -0.1) is 0 Å². The van der Waals surface area contributed by atoms with Crippen LogP contribution in [0.25, 0.3) is 0 Å². The molecule has 0 spiro atoms. The second-order valence-electron chi connectivity index (χ2n) is 2.86. The van der Waals surface area contributed by atoms with Crippen LogP contribution in [0.2, 0.25) is 0 Å². The van der Waals surface area contributed by atoms with Crippen LogP contribution in [0.15, 0.2) is 0 Å². The Hall–Kier alpha value is 0.960. The highest BCUT2D eigenvalue weighted by atomic mass is 79.9. The predicted octanol–water partition coefficient (Wildman–Crippen LogP) is 3.54. The van der Waals surface area contributed by atoms with Gasteiger partial charge in [0, 0.05) is 0 Å². The lowest BCUT2D eigenvalue weighted by atomic mass is 10.2. The largest absolute Gasteiger partial charge is 0.0865 e. The molecule has 0 aromatic heterocycles. The highest BCUT2D eigenvalue weighted by Gasteiger charge is 2.57. The van der Waals surface area contributed by atoms with Crippen LogP contribution < -0.4 is 0 Å². The highest BCUT2D eigenvalue weighted by Crippen LogP contribution is 2.63. The molecule has 0 radical (unpaired) electrons. The normalized spacial score (nSPS) is 38.7. The second kappa shape index (κ2) is 2.54. The van der Waals surface area contributed by atoms with Gasteiger partial charge in [0.1, 0.15) is 0 Å². The van der Waals surface area contributed by atoms with Crippen molar-refractivity contribution >= 4 is 31.9 Å². The average molecular weight is 256 g/mol. The molecule has 1 rings (SSSR count). The molecule has 2 unspecified atom stereocenters. The molecule has 2 atom stereocenters. The summed E-state index contributed by atoms with van der Waals surface area (Å²) < 4.78 is 0.302. The Bertz CT molecular complexity index is 109. The third-order valence-corrected chi connectivity index (χ3v) is 4.82. The lowest BCUT2D eigenvalue weighted by Gasteiger charge is -1.94. The highest BCUT2D eigenvalue weighted by molar-refractivity contribution is 9.25. The van der Waals surface area contributed by atoms with E-state index in [0.29, 0.717) is 3.23 Å². The number of hydrogen-bond donors (Lipinski definition) is 0. The minimum Gasteiger partial charge on any atom is -0.0721 e. The summed E-state index contributed by atoms with van der Waals surface area (Å²) in [4.78, 5) is 0. The summed E-state index contributed by atoms with van der Waals surface area (Å²) in [7, 11) is 0. The van der Waals surface area contributed by atoms with Crippen LogP contribution in [-0.2, 0) is 0 Å². The lowest BCUT2D eigenvalue weighted by molar-refractivity contribution is 0.659. The molecule has 1 aliphatic rings. The van der Waals surface area contributed by atoms with Gasteiger partial charge in [0.15, 0.2) is 0 Å². The third kappa shape index (κ3) is 1.35. The maximum absolute atomic E-state index is 3.64. The van der Waals surface area contributed by atoms with Crippen molar-refractivity contribution in [3.05, 3.63) is 0 Å². The fraction of sp³-hybridized carbons (Fsp3) is 1.00. The molecule has 0 aromatic carbocycles. The minimum atomic E-state index is 0.302. The number of rotatable bonds is 2. The molecule has 0 aromatic rings. The van der Waals surface area contributed by atoms with Gasteiger partial charge < -0.3 is 0 Å². The molecule has 0 heterocycles. The van der Waals surface area contributed by atoms with Crippen LogP contribution in [0, 0.1) is 11.8 Å². The van der Waals surface area contributed by atoms with Crippen molar-refractivity contribution in [2.24, 2.45) is 11.8 Å². The van der Waals surface area contributed by atoms with Gasteiger partial charge in [0.2, 0.25) is 0 Å². The van der Waals surface area contributed by atoms with Crippen LogP contribution in [0.3, 0.4) is 0 Å². The molecule has 0 N–H and O–H groups in total. The maximum Gasteiger partial charge on any atom is 0.0865 e. The van der Waals surface area contributed by atoms with Gasteiger partial charge in [-0.2, -0.15) is 0 Å². The molecule has 54 valence electrons. The zero-order valence-electron chi connectivity index (χ0n) is 5.82. The van der Waals surface area contributed by atoms with Crippen LogP contribution in [-0.4, -0.2) is 3.23 Å². The van der Waals surface area contributed by atoms with Crippen molar-refractivity contribution in [2.45, 2.75) is 29.9 Å². The maximum atomic E-state index is 3.64. The third-order valence-electron chi connectivity index (χ3n) is 2.20. The molecule has 1 saturated carbocycles. The van der Waals surface area contributed by atoms with Crippen LogP contribution in [0.4, 0.5) is 0 Å². The summed E-state index contributed by atoms with van der Waals surface area (Å²) in [6.45, 7) is 4.52. The molecule has 0 amide bonds. The lowest BCUT2D eigenvalue weighted by Crippen LogP contribution is -1.86. The Morgan fingerprint density at radius 2 is 1.89 bits per heavy atom. The van der Waals surface area contributed by atoms with Crippen molar-refractivity contribution in [1.29, 1.82) is 0 Å². The Balaban J connectivity index is 2.33. The first-order valence-corrected chi connectivity index (χ1v) is 5.07. The molecule has 0 bridgehead atoms. The fourth-order valence-corrected chi connectivity index (χ4v) is 2.94. The van der Waals surface area contributed by atoms with Crippen molar-refractivity contribution < 1.29 is 0 Å². The molecule has 1 aliphatic carbocycles. The molecule has 0 nitrogen and oxygen atoms in total. The van der Waals surface area contributed by atoms with Crippen molar-refractivity contribution in [3.63, 3.8) is 0 Å². The van der Waals surface area contributed by atoms with E-state index >= 15 is 0 Å². The quantitative estimate of drug-likeness (QED) is 0.663. The van der Waals surface area contributed by atoms with Gasteiger partial charge >= 0.3 is 0 Å². The zero-order valence-corrected chi connectivity index (χ0v) is 9.00.